The second kappa shape index (κ2) is 11.7. The number of rotatable bonds is 9. The van der Waals surface area contributed by atoms with Crippen molar-refractivity contribution >= 4 is 23.2 Å². The number of likely N-dealkylation sites (tertiary alicyclic amines) is 1. The maximum Gasteiger partial charge on any atom is 0.328 e. The standard InChI is InChI=1S/C31H45NO4S/c1-9-31(10-2,23-15-13-22(20(3)18-23)14-16-25(33)30(5,6)7)26-19-21(4)27(37-26)28(34)32-17-11-12-24(32)29(35)36-8/h13,15,18-19,24-25,33H,9-12,14,16-17H2,1-8H3/t24-,25?/m1/s1. The molecule has 1 aliphatic rings. The first-order valence-corrected chi connectivity index (χ1v) is 14.5. The van der Waals surface area contributed by atoms with E-state index < -0.39 is 6.04 Å². The molecule has 1 aliphatic heterocycles. The van der Waals surface area contributed by atoms with Crippen LogP contribution in [0.4, 0.5) is 0 Å². The fourth-order valence-corrected chi connectivity index (χ4v) is 7.08. The van der Waals surface area contributed by atoms with E-state index in [1.54, 1.807) is 16.2 Å². The van der Waals surface area contributed by atoms with E-state index in [-0.39, 0.29) is 28.8 Å². The van der Waals surface area contributed by atoms with Crippen LogP contribution in [0.15, 0.2) is 24.3 Å². The Morgan fingerprint density at radius 3 is 2.38 bits per heavy atom. The predicted molar refractivity (Wildman–Crippen MR) is 151 cm³/mol. The number of aliphatic hydroxyl groups is 1. The summed E-state index contributed by atoms with van der Waals surface area (Å²) in [5, 5.41) is 10.5. The molecular formula is C31H45NO4S. The number of esters is 1. The summed E-state index contributed by atoms with van der Waals surface area (Å²) in [6.45, 7) is 15.4. The van der Waals surface area contributed by atoms with Gasteiger partial charge in [-0.15, -0.1) is 11.3 Å². The molecule has 5 nitrogen and oxygen atoms in total. The van der Waals surface area contributed by atoms with Gasteiger partial charge < -0.3 is 14.7 Å². The lowest BCUT2D eigenvalue weighted by molar-refractivity contribution is -0.145. The Morgan fingerprint density at radius 2 is 1.81 bits per heavy atom. The smallest absolute Gasteiger partial charge is 0.328 e. The molecule has 2 atom stereocenters. The van der Waals surface area contributed by atoms with Gasteiger partial charge in [0.2, 0.25) is 0 Å². The summed E-state index contributed by atoms with van der Waals surface area (Å²) in [5.41, 5.74) is 4.45. The Hall–Kier alpha value is -2.18. The zero-order valence-corrected chi connectivity index (χ0v) is 24.8. The summed E-state index contributed by atoms with van der Waals surface area (Å²) < 4.78 is 4.96. The van der Waals surface area contributed by atoms with E-state index in [0.717, 1.165) is 42.5 Å². The highest BCUT2D eigenvalue weighted by Gasteiger charge is 2.38. The van der Waals surface area contributed by atoms with Crippen molar-refractivity contribution in [2.45, 2.75) is 105 Å². The van der Waals surface area contributed by atoms with Crippen molar-refractivity contribution in [3.63, 3.8) is 0 Å². The van der Waals surface area contributed by atoms with Gasteiger partial charge in [-0.1, -0.05) is 52.8 Å². The zero-order valence-electron chi connectivity index (χ0n) is 23.9. The van der Waals surface area contributed by atoms with Gasteiger partial charge in [0.15, 0.2) is 0 Å². The lowest BCUT2D eigenvalue weighted by atomic mass is 9.73. The minimum atomic E-state index is -0.489. The van der Waals surface area contributed by atoms with Gasteiger partial charge in [0.05, 0.1) is 18.1 Å². The van der Waals surface area contributed by atoms with Gasteiger partial charge in [0.25, 0.3) is 5.91 Å². The van der Waals surface area contributed by atoms with Gasteiger partial charge in [-0.2, -0.15) is 0 Å². The highest BCUT2D eigenvalue weighted by molar-refractivity contribution is 7.14. The highest BCUT2D eigenvalue weighted by atomic mass is 32.1. The monoisotopic (exact) mass is 527 g/mol. The fourth-order valence-electron chi connectivity index (χ4n) is 5.60. The summed E-state index contributed by atoms with van der Waals surface area (Å²) in [5.74, 6) is -0.394. The summed E-state index contributed by atoms with van der Waals surface area (Å²) in [6, 6.07) is 8.45. The summed E-state index contributed by atoms with van der Waals surface area (Å²) in [4.78, 5) is 29.4. The van der Waals surface area contributed by atoms with Crippen LogP contribution in [0.3, 0.4) is 0 Å². The number of carbonyl (C=O) groups is 2. The van der Waals surface area contributed by atoms with Crippen LogP contribution in [0.2, 0.25) is 0 Å². The number of aliphatic hydroxyl groups excluding tert-OH is 1. The van der Waals surface area contributed by atoms with Gasteiger partial charge in [0.1, 0.15) is 6.04 Å². The minimum absolute atomic E-state index is 0.0632. The number of nitrogens with zero attached hydrogens (tertiary/aromatic N) is 1. The van der Waals surface area contributed by atoms with E-state index in [4.69, 9.17) is 4.74 Å². The number of hydrogen-bond donors (Lipinski definition) is 1. The van der Waals surface area contributed by atoms with Crippen molar-refractivity contribution in [2.24, 2.45) is 5.41 Å². The molecule has 1 saturated heterocycles. The molecule has 0 spiro atoms. The molecule has 1 fully saturated rings. The van der Waals surface area contributed by atoms with Gasteiger partial charge in [-0.3, -0.25) is 4.79 Å². The van der Waals surface area contributed by atoms with E-state index in [9.17, 15) is 14.7 Å². The lowest BCUT2D eigenvalue weighted by Crippen LogP contribution is -2.41. The van der Waals surface area contributed by atoms with Crippen LogP contribution in [0.5, 0.6) is 0 Å². The van der Waals surface area contributed by atoms with Crippen LogP contribution in [0.1, 0.15) is 104 Å². The third-order valence-electron chi connectivity index (χ3n) is 8.36. The lowest BCUT2D eigenvalue weighted by Gasteiger charge is -2.32. The number of thiophene rings is 1. The van der Waals surface area contributed by atoms with E-state index in [1.807, 2.05) is 6.92 Å². The number of benzene rings is 1. The number of aryl methyl sites for hydroxylation is 3. The molecule has 0 saturated carbocycles. The van der Waals surface area contributed by atoms with Crippen molar-refractivity contribution in [1.82, 2.24) is 4.90 Å². The predicted octanol–water partition coefficient (Wildman–Crippen LogP) is 6.59. The highest BCUT2D eigenvalue weighted by Crippen LogP contribution is 2.44. The average molecular weight is 528 g/mol. The third-order valence-corrected chi connectivity index (χ3v) is 9.79. The molecule has 2 aromatic rings. The van der Waals surface area contributed by atoms with Crippen LogP contribution in [-0.4, -0.2) is 47.7 Å². The number of ether oxygens (including phenoxy) is 1. The number of hydrogen-bond acceptors (Lipinski definition) is 5. The second-order valence-electron chi connectivity index (χ2n) is 11.7. The second-order valence-corrected chi connectivity index (χ2v) is 12.7. The molecule has 2 heterocycles. The molecule has 1 amide bonds. The van der Waals surface area contributed by atoms with Crippen LogP contribution in [0.25, 0.3) is 0 Å². The van der Waals surface area contributed by atoms with Crippen LogP contribution < -0.4 is 0 Å². The van der Waals surface area contributed by atoms with Crippen LogP contribution in [-0.2, 0) is 21.4 Å². The van der Waals surface area contributed by atoms with E-state index in [2.05, 4.69) is 65.8 Å². The fraction of sp³-hybridized carbons (Fsp3) is 0.613. The maximum atomic E-state index is 13.6. The number of methoxy groups -OCH3 is 1. The normalized spacial score (nSPS) is 17.2. The molecule has 37 heavy (non-hydrogen) atoms. The summed E-state index contributed by atoms with van der Waals surface area (Å²) >= 11 is 1.58. The molecule has 3 rings (SSSR count). The van der Waals surface area contributed by atoms with Crippen molar-refractivity contribution in [1.29, 1.82) is 0 Å². The topological polar surface area (TPSA) is 66.8 Å². The average Bonchev–Trinajstić information content (AvgIpc) is 3.50. The van der Waals surface area contributed by atoms with Crippen LogP contribution >= 0.6 is 11.3 Å². The molecule has 0 bridgehead atoms. The van der Waals surface area contributed by atoms with Crippen molar-refractivity contribution in [3.05, 3.63) is 56.3 Å². The molecule has 0 radical (unpaired) electrons. The summed E-state index contributed by atoms with van der Waals surface area (Å²) in [6.07, 6.45) is 4.58. The van der Waals surface area contributed by atoms with E-state index >= 15 is 0 Å². The molecule has 0 aliphatic carbocycles. The number of amides is 1. The Kier molecular flexibility index (Phi) is 9.28. The van der Waals surface area contributed by atoms with Gasteiger partial charge in [-0.05, 0) is 86.1 Å². The van der Waals surface area contributed by atoms with Gasteiger partial charge in [-0.25, -0.2) is 4.79 Å². The van der Waals surface area contributed by atoms with Crippen molar-refractivity contribution < 1.29 is 19.4 Å². The molecule has 1 aromatic carbocycles. The Labute approximate surface area is 227 Å². The van der Waals surface area contributed by atoms with Crippen molar-refractivity contribution in [3.8, 4) is 0 Å². The van der Waals surface area contributed by atoms with E-state index in [0.29, 0.717) is 13.0 Å². The SMILES string of the molecule is CCC(CC)(c1ccc(CCC(O)C(C)(C)C)c(C)c1)c1cc(C)c(C(=O)N2CCC[C@@H]2C(=O)OC)s1. The Balaban J connectivity index is 1.91. The van der Waals surface area contributed by atoms with Gasteiger partial charge in [0, 0.05) is 16.8 Å². The molecule has 1 N–H and O–H groups in total. The number of carbonyl (C=O) groups excluding carboxylic acids is 2. The summed E-state index contributed by atoms with van der Waals surface area (Å²) in [7, 11) is 1.38. The molecular weight excluding hydrogens is 482 g/mol. The first-order valence-electron chi connectivity index (χ1n) is 13.7. The van der Waals surface area contributed by atoms with E-state index in [1.165, 1.54) is 28.7 Å². The molecule has 1 aromatic heterocycles. The Bertz CT molecular complexity index is 1110. The Morgan fingerprint density at radius 1 is 1.14 bits per heavy atom. The quantitative estimate of drug-likeness (QED) is 0.374. The largest absolute Gasteiger partial charge is 0.467 e. The van der Waals surface area contributed by atoms with Gasteiger partial charge >= 0.3 is 5.97 Å². The maximum absolute atomic E-state index is 13.6. The minimum Gasteiger partial charge on any atom is -0.467 e. The zero-order chi connectivity index (χ0) is 27.5. The van der Waals surface area contributed by atoms with Crippen LogP contribution in [0, 0.1) is 19.3 Å². The molecule has 204 valence electrons. The molecule has 1 unspecified atom stereocenters. The third kappa shape index (κ3) is 5.96. The van der Waals surface area contributed by atoms with Crippen molar-refractivity contribution in [2.75, 3.05) is 13.7 Å². The molecule has 6 heteroatoms. The first-order chi connectivity index (χ1) is 17.4. The first kappa shape index (κ1) is 29.4.